The van der Waals surface area contributed by atoms with Gasteiger partial charge in [0.2, 0.25) is 0 Å². The van der Waals surface area contributed by atoms with Gasteiger partial charge < -0.3 is 10.4 Å². The molecule has 0 aromatic carbocycles. The highest BCUT2D eigenvalue weighted by Crippen LogP contribution is 2.30. The van der Waals surface area contributed by atoms with E-state index in [1.54, 1.807) is 6.92 Å². The first kappa shape index (κ1) is 17.5. The maximum atomic E-state index is 12.8. The largest absolute Gasteiger partial charge is 0.435 e. The van der Waals surface area contributed by atoms with Gasteiger partial charge in [-0.15, -0.1) is 0 Å². The van der Waals surface area contributed by atoms with Gasteiger partial charge in [0.1, 0.15) is 0 Å². The van der Waals surface area contributed by atoms with E-state index in [1.807, 2.05) is 6.92 Å². The van der Waals surface area contributed by atoms with Crippen molar-refractivity contribution in [3.63, 3.8) is 0 Å². The molecule has 21 heavy (non-hydrogen) atoms. The highest BCUT2D eigenvalue weighted by molar-refractivity contribution is 5.95. The number of aliphatic hydroxyl groups is 1. The minimum Gasteiger partial charge on any atom is -0.388 e. The number of hydrogen-bond donors (Lipinski definition) is 2. The number of hydrogen-bond acceptors (Lipinski definition) is 3. The third-order valence-corrected chi connectivity index (χ3v) is 3.62. The average Bonchev–Trinajstić information content (AvgIpc) is 2.77. The Hall–Kier alpha value is -1.57. The van der Waals surface area contributed by atoms with E-state index in [9.17, 15) is 23.1 Å². The molecule has 2 atom stereocenters. The first-order chi connectivity index (χ1) is 9.49. The number of amides is 1. The Kier molecular flexibility index (Phi) is 5.03. The van der Waals surface area contributed by atoms with Crippen molar-refractivity contribution in [3.05, 3.63) is 17.5 Å². The lowest BCUT2D eigenvalue weighted by Crippen LogP contribution is -2.45. The van der Waals surface area contributed by atoms with Gasteiger partial charge in [-0.25, -0.2) is 0 Å². The Bertz CT molecular complexity index is 509. The Morgan fingerprint density at radius 3 is 2.57 bits per heavy atom. The highest BCUT2D eigenvalue weighted by atomic mass is 19.4. The maximum absolute atomic E-state index is 12.8. The van der Waals surface area contributed by atoms with E-state index in [1.165, 1.54) is 14.0 Å². The molecule has 1 rings (SSSR count). The highest BCUT2D eigenvalue weighted by Gasteiger charge is 2.39. The molecular weight excluding hydrogens is 287 g/mol. The van der Waals surface area contributed by atoms with E-state index >= 15 is 0 Å². The van der Waals surface area contributed by atoms with Gasteiger partial charge >= 0.3 is 6.18 Å². The number of nitrogens with zero attached hydrogens (tertiary/aromatic N) is 2. The number of nitrogens with one attached hydrogen (secondary N) is 1. The van der Waals surface area contributed by atoms with Crippen LogP contribution >= 0.6 is 0 Å². The molecule has 0 bridgehead atoms. The Morgan fingerprint density at radius 1 is 1.52 bits per heavy atom. The van der Waals surface area contributed by atoms with Crippen molar-refractivity contribution in [2.45, 2.75) is 39.0 Å². The lowest BCUT2D eigenvalue weighted by molar-refractivity contribution is -0.141. The second-order valence-corrected chi connectivity index (χ2v) is 5.41. The second-order valence-electron chi connectivity index (χ2n) is 5.41. The zero-order valence-electron chi connectivity index (χ0n) is 12.5. The van der Waals surface area contributed by atoms with Crippen LogP contribution in [0.4, 0.5) is 13.2 Å². The average molecular weight is 307 g/mol. The van der Waals surface area contributed by atoms with Gasteiger partial charge in [0.05, 0.1) is 11.2 Å². The number of aromatic nitrogens is 2. The molecule has 120 valence electrons. The summed E-state index contributed by atoms with van der Waals surface area (Å²) < 4.78 is 39.3. The van der Waals surface area contributed by atoms with E-state index < -0.39 is 28.9 Å². The van der Waals surface area contributed by atoms with Gasteiger partial charge in [-0.05, 0) is 12.8 Å². The molecule has 8 heteroatoms. The number of carbonyl (C=O) groups is 1. The van der Waals surface area contributed by atoms with E-state index in [0.29, 0.717) is 6.42 Å². The van der Waals surface area contributed by atoms with E-state index in [-0.39, 0.29) is 12.5 Å². The molecule has 5 nitrogen and oxygen atoms in total. The quantitative estimate of drug-likeness (QED) is 0.874. The molecule has 0 spiro atoms. The summed E-state index contributed by atoms with van der Waals surface area (Å²) in [5, 5.41) is 15.8. The summed E-state index contributed by atoms with van der Waals surface area (Å²) in [7, 11) is 1.31. The van der Waals surface area contributed by atoms with Crippen molar-refractivity contribution in [2.75, 3.05) is 6.54 Å². The summed E-state index contributed by atoms with van der Waals surface area (Å²) in [5.74, 6) is -1.01. The lowest BCUT2D eigenvalue weighted by Gasteiger charge is -2.29. The van der Waals surface area contributed by atoms with Gasteiger partial charge in [0, 0.05) is 19.8 Å². The van der Waals surface area contributed by atoms with E-state index in [0.717, 1.165) is 10.9 Å². The van der Waals surface area contributed by atoms with Gasteiger partial charge in [0.25, 0.3) is 5.91 Å². The van der Waals surface area contributed by atoms with Crippen molar-refractivity contribution in [2.24, 2.45) is 13.0 Å². The molecule has 0 aliphatic heterocycles. The van der Waals surface area contributed by atoms with Crippen LogP contribution in [-0.2, 0) is 13.2 Å². The molecule has 0 radical (unpaired) electrons. The summed E-state index contributed by atoms with van der Waals surface area (Å²) in [6.45, 7) is 5.09. The number of rotatable bonds is 5. The summed E-state index contributed by atoms with van der Waals surface area (Å²) in [5.41, 5.74) is -2.97. The van der Waals surface area contributed by atoms with E-state index in [2.05, 4.69) is 10.4 Å². The first-order valence-corrected chi connectivity index (χ1v) is 6.60. The molecular formula is C13H20F3N3O2. The molecule has 0 aliphatic carbocycles. The monoisotopic (exact) mass is 307 g/mol. The van der Waals surface area contributed by atoms with Crippen LogP contribution < -0.4 is 5.32 Å². The predicted molar refractivity (Wildman–Crippen MR) is 70.6 cm³/mol. The Morgan fingerprint density at radius 2 is 2.10 bits per heavy atom. The first-order valence-electron chi connectivity index (χ1n) is 6.60. The third kappa shape index (κ3) is 4.20. The molecule has 0 aliphatic rings. The fourth-order valence-corrected chi connectivity index (χ4v) is 1.83. The smallest absolute Gasteiger partial charge is 0.388 e. The number of carbonyl (C=O) groups excluding carboxylic acids is 1. The van der Waals surface area contributed by atoms with Crippen molar-refractivity contribution >= 4 is 5.91 Å². The molecule has 0 saturated heterocycles. The Balaban J connectivity index is 2.87. The van der Waals surface area contributed by atoms with Crippen LogP contribution in [0.1, 0.15) is 43.2 Å². The Labute approximate surface area is 121 Å². The summed E-state index contributed by atoms with van der Waals surface area (Å²) in [6, 6.07) is 0. The van der Waals surface area contributed by atoms with Crippen molar-refractivity contribution < 1.29 is 23.1 Å². The van der Waals surface area contributed by atoms with Crippen LogP contribution in [0.2, 0.25) is 0 Å². The molecule has 1 heterocycles. The fraction of sp³-hybridized carbons (Fsp3) is 0.692. The van der Waals surface area contributed by atoms with Crippen molar-refractivity contribution in [1.29, 1.82) is 0 Å². The van der Waals surface area contributed by atoms with Gasteiger partial charge in [0.15, 0.2) is 5.69 Å². The fourth-order valence-electron chi connectivity index (χ4n) is 1.83. The summed E-state index contributed by atoms with van der Waals surface area (Å²) in [6.07, 6.45) is -3.01. The zero-order valence-corrected chi connectivity index (χ0v) is 12.5. The minimum atomic E-state index is -4.70. The third-order valence-electron chi connectivity index (χ3n) is 3.62. The summed E-state index contributed by atoms with van der Waals surface area (Å²) in [4.78, 5) is 11.9. The van der Waals surface area contributed by atoms with E-state index in [4.69, 9.17) is 0 Å². The number of halogens is 3. The molecule has 1 aromatic rings. The van der Waals surface area contributed by atoms with Crippen LogP contribution in [0.3, 0.4) is 0 Å². The van der Waals surface area contributed by atoms with Crippen LogP contribution in [0.15, 0.2) is 6.20 Å². The summed E-state index contributed by atoms with van der Waals surface area (Å²) >= 11 is 0. The molecule has 1 amide bonds. The molecule has 0 fully saturated rings. The normalized spacial score (nSPS) is 16.4. The minimum absolute atomic E-state index is 0.103. The SMILES string of the molecule is CCC(C)C(C)(O)CNC(=O)c1cn(C)nc1C(F)(F)F. The van der Waals surface area contributed by atoms with Gasteiger partial charge in [-0.3, -0.25) is 9.48 Å². The van der Waals surface area contributed by atoms with Gasteiger partial charge in [-0.2, -0.15) is 18.3 Å². The van der Waals surface area contributed by atoms with Crippen LogP contribution in [0.5, 0.6) is 0 Å². The molecule has 2 N–H and O–H groups in total. The molecule has 0 saturated carbocycles. The van der Waals surface area contributed by atoms with Crippen molar-refractivity contribution in [3.8, 4) is 0 Å². The number of alkyl halides is 3. The van der Waals surface area contributed by atoms with Crippen LogP contribution in [0.25, 0.3) is 0 Å². The molecule has 1 aromatic heterocycles. The molecule has 2 unspecified atom stereocenters. The number of aryl methyl sites for hydroxylation is 1. The lowest BCUT2D eigenvalue weighted by atomic mass is 9.88. The maximum Gasteiger partial charge on any atom is 0.435 e. The van der Waals surface area contributed by atoms with Gasteiger partial charge in [-0.1, -0.05) is 20.3 Å². The standard InChI is InChI=1S/C13H20F3N3O2/c1-5-8(2)12(3,21)7-17-11(20)9-6-19(4)18-10(9)13(14,15)16/h6,8,21H,5,7H2,1-4H3,(H,17,20). The van der Waals surface area contributed by atoms with Crippen molar-refractivity contribution in [1.82, 2.24) is 15.1 Å². The topological polar surface area (TPSA) is 67.2 Å². The zero-order chi connectivity index (χ0) is 16.4. The second kappa shape index (κ2) is 6.05. The van der Waals surface area contributed by atoms with Crippen LogP contribution in [-0.4, -0.2) is 32.9 Å². The predicted octanol–water partition coefficient (Wildman–Crippen LogP) is 1.97. The van der Waals surface area contributed by atoms with Crippen LogP contribution in [0, 0.1) is 5.92 Å².